The van der Waals surface area contributed by atoms with E-state index in [4.69, 9.17) is 10.00 Å². The molecule has 1 heterocycles. The van der Waals surface area contributed by atoms with Gasteiger partial charge in [-0.3, -0.25) is 0 Å². The molecule has 3 heteroatoms. The first-order valence-corrected chi connectivity index (χ1v) is 4.94. The molecule has 1 aromatic carbocycles. The third kappa shape index (κ3) is 1.79. The summed E-state index contributed by atoms with van der Waals surface area (Å²) in [6.07, 6.45) is 1.92. The third-order valence-electron chi connectivity index (χ3n) is 2.29. The smallest absolute Gasteiger partial charge is 0.120 e. The van der Waals surface area contributed by atoms with Crippen molar-refractivity contribution in [3.05, 3.63) is 30.5 Å². The van der Waals surface area contributed by atoms with E-state index in [0.29, 0.717) is 13.2 Å². The Kier molecular flexibility index (Phi) is 2.59. The Hall–Kier alpha value is -1.95. The number of rotatable bonds is 3. The van der Waals surface area contributed by atoms with Crippen LogP contribution in [0.25, 0.3) is 10.9 Å². The van der Waals surface area contributed by atoms with Crippen LogP contribution in [0.15, 0.2) is 30.5 Å². The maximum atomic E-state index is 8.64. The van der Waals surface area contributed by atoms with Crippen molar-refractivity contribution in [2.24, 2.45) is 0 Å². The number of nitrogens with zero attached hydrogens (tertiary/aromatic N) is 2. The fourth-order valence-corrected chi connectivity index (χ4v) is 1.65. The van der Waals surface area contributed by atoms with Crippen LogP contribution < -0.4 is 4.74 Å². The van der Waals surface area contributed by atoms with Crippen molar-refractivity contribution in [3.8, 4) is 11.8 Å². The van der Waals surface area contributed by atoms with Gasteiger partial charge >= 0.3 is 0 Å². The van der Waals surface area contributed by atoms with Crippen LogP contribution in [0.1, 0.15) is 6.92 Å². The number of benzene rings is 1. The van der Waals surface area contributed by atoms with Crippen LogP contribution in [0.5, 0.6) is 5.75 Å². The van der Waals surface area contributed by atoms with Gasteiger partial charge in [-0.1, -0.05) is 0 Å². The molecule has 0 amide bonds. The molecule has 0 unspecified atom stereocenters. The minimum atomic E-state index is 0.386. The van der Waals surface area contributed by atoms with Crippen molar-refractivity contribution in [2.75, 3.05) is 6.61 Å². The van der Waals surface area contributed by atoms with Gasteiger partial charge in [0.15, 0.2) is 0 Å². The highest BCUT2D eigenvalue weighted by Gasteiger charge is 2.01. The molecule has 0 radical (unpaired) electrons. The first kappa shape index (κ1) is 9.60. The third-order valence-corrected chi connectivity index (χ3v) is 2.29. The minimum absolute atomic E-state index is 0.386. The molecule has 2 aromatic rings. The van der Waals surface area contributed by atoms with Crippen LogP contribution in [0.4, 0.5) is 0 Å². The highest BCUT2D eigenvalue weighted by atomic mass is 16.5. The summed E-state index contributed by atoms with van der Waals surface area (Å²) in [5.41, 5.74) is 1.07. The van der Waals surface area contributed by atoms with Gasteiger partial charge in [0, 0.05) is 17.1 Å². The van der Waals surface area contributed by atoms with E-state index in [1.807, 2.05) is 42.0 Å². The summed E-state index contributed by atoms with van der Waals surface area (Å²) in [4.78, 5) is 0. The average molecular weight is 200 g/mol. The first-order valence-electron chi connectivity index (χ1n) is 4.94. The van der Waals surface area contributed by atoms with E-state index >= 15 is 0 Å². The summed E-state index contributed by atoms with van der Waals surface area (Å²) in [6, 6.07) is 10.0. The quantitative estimate of drug-likeness (QED) is 0.763. The molecule has 76 valence electrons. The summed E-state index contributed by atoms with van der Waals surface area (Å²) in [7, 11) is 0. The predicted molar refractivity (Wildman–Crippen MR) is 58.7 cm³/mol. The zero-order valence-corrected chi connectivity index (χ0v) is 8.60. The lowest BCUT2D eigenvalue weighted by Gasteiger charge is -2.03. The molecule has 3 nitrogen and oxygen atoms in total. The molecule has 0 aliphatic carbocycles. The number of fused-ring (bicyclic) bond motifs is 1. The zero-order valence-electron chi connectivity index (χ0n) is 8.60. The molecule has 0 saturated heterocycles. The molecular weight excluding hydrogens is 188 g/mol. The van der Waals surface area contributed by atoms with E-state index in [1.54, 1.807) is 0 Å². The molecule has 0 aliphatic rings. The van der Waals surface area contributed by atoms with Crippen molar-refractivity contribution in [3.63, 3.8) is 0 Å². The highest BCUT2D eigenvalue weighted by molar-refractivity contribution is 5.81. The Morgan fingerprint density at radius 1 is 1.40 bits per heavy atom. The lowest BCUT2D eigenvalue weighted by molar-refractivity contribution is 0.340. The van der Waals surface area contributed by atoms with E-state index in [1.165, 1.54) is 0 Å². The Morgan fingerprint density at radius 2 is 2.27 bits per heavy atom. The van der Waals surface area contributed by atoms with Crippen LogP contribution >= 0.6 is 0 Å². The number of hydrogen-bond acceptors (Lipinski definition) is 2. The predicted octanol–water partition coefficient (Wildman–Crippen LogP) is 2.56. The molecule has 0 bridgehead atoms. The number of aromatic nitrogens is 1. The molecule has 0 saturated carbocycles. The van der Waals surface area contributed by atoms with Crippen LogP contribution in [0, 0.1) is 11.3 Å². The zero-order chi connectivity index (χ0) is 10.7. The fraction of sp³-hybridized carbons (Fsp3) is 0.250. The number of ether oxygens (including phenoxy) is 1. The van der Waals surface area contributed by atoms with Crippen LogP contribution in [0.2, 0.25) is 0 Å². The molecular formula is C12H12N2O. The molecule has 2 rings (SSSR count). The second kappa shape index (κ2) is 4.05. The topological polar surface area (TPSA) is 38.0 Å². The lowest BCUT2D eigenvalue weighted by atomic mass is 10.2. The van der Waals surface area contributed by atoms with Crippen LogP contribution in [-0.4, -0.2) is 11.2 Å². The summed E-state index contributed by atoms with van der Waals surface area (Å²) < 4.78 is 7.33. The first-order chi connectivity index (χ1) is 7.35. The van der Waals surface area contributed by atoms with Crippen molar-refractivity contribution in [1.29, 1.82) is 5.26 Å². The molecule has 15 heavy (non-hydrogen) atoms. The van der Waals surface area contributed by atoms with Crippen molar-refractivity contribution in [1.82, 2.24) is 4.57 Å². The largest absolute Gasteiger partial charge is 0.494 e. The van der Waals surface area contributed by atoms with Crippen LogP contribution in [0.3, 0.4) is 0 Å². The standard InChI is InChI=1S/C12H12N2O/c1-2-15-11-3-4-12-10(9-11)5-7-14(12)8-6-13/h3-5,7,9H,2,8H2,1H3. The molecule has 1 aromatic heterocycles. The summed E-state index contributed by atoms with van der Waals surface area (Å²) in [5, 5.41) is 9.75. The maximum Gasteiger partial charge on any atom is 0.120 e. The SMILES string of the molecule is CCOc1ccc2c(ccn2CC#N)c1. The van der Waals surface area contributed by atoms with E-state index < -0.39 is 0 Å². The van der Waals surface area contributed by atoms with Gasteiger partial charge in [-0.2, -0.15) is 5.26 Å². The minimum Gasteiger partial charge on any atom is -0.494 e. The molecule has 0 N–H and O–H groups in total. The van der Waals surface area contributed by atoms with Gasteiger partial charge in [0.1, 0.15) is 12.3 Å². The Morgan fingerprint density at radius 3 is 3.00 bits per heavy atom. The number of nitriles is 1. The molecule has 0 aliphatic heterocycles. The van der Waals surface area contributed by atoms with Crippen molar-refractivity contribution >= 4 is 10.9 Å². The van der Waals surface area contributed by atoms with Gasteiger partial charge in [-0.15, -0.1) is 0 Å². The van der Waals surface area contributed by atoms with Crippen molar-refractivity contribution < 1.29 is 4.74 Å². The van der Waals surface area contributed by atoms with E-state index in [-0.39, 0.29) is 0 Å². The van der Waals surface area contributed by atoms with Gasteiger partial charge in [0.05, 0.1) is 12.7 Å². The van der Waals surface area contributed by atoms with Gasteiger partial charge in [0.2, 0.25) is 0 Å². The van der Waals surface area contributed by atoms with E-state index in [0.717, 1.165) is 16.7 Å². The van der Waals surface area contributed by atoms with Gasteiger partial charge in [0.25, 0.3) is 0 Å². The normalized spacial score (nSPS) is 10.1. The summed E-state index contributed by atoms with van der Waals surface area (Å²) >= 11 is 0. The van der Waals surface area contributed by atoms with E-state index in [2.05, 4.69) is 6.07 Å². The summed E-state index contributed by atoms with van der Waals surface area (Å²) in [5.74, 6) is 0.875. The van der Waals surface area contributed by atoms with Crippen molar-refractivity contribution in [2.45, 2.75) is 13.5 Å². The van der Waals surface area contributed by atoms with Gasteiger partial charge in [-0.25, -0.2) is 0 Å². The highest BCUT2D eigenvalue weighted by Crippen LogP contribution is 2.21. The maximum absolute atomic E-state index is 8.64. The fourth-order valence-electron chi connectivity index (χ4n) is 1.65. The van der Waals surface area contributed by atoms with Gasteiger partial charge in [-0.05, 0) is 31.2 Å². The monoisotopic (exact) mass is 200 g/mol. The number of hydrogen-bond donors (Lipinski definition) is 0. The molecule has 0 fully saturated rings. The van der Waals surface area contributed by atoms with Gasteiger partial charge < -0.3 is 9.30 Å². The summed E-state index contributed by atoms with van der Waals surface area (Å²) in [6.45, 7) is 3.02. The Bertz CT molecular complexity index is 508. The average Bonchev–Trinajstić information content (AvgIpc) is 2.62. The Balaban J connectivity index is 2.43. The lowest BCUT2D eigenvalue weighted by Crippen LogP contribution is -1.93. The van der Waals surface area contributed by atoms with Crippen LogP contribution in [-0.2, 0) is 6.54 Å². The molecule has 0 spiro atoms. The molecule has 0 atom stereocenters. The Labute approximate surface area is 88.5 Å². The second-order valence-corrected chi connectivity index (χ2v) is 3.26. The second-order valence-electron chi connectivity index (χ2n) is 3.26. The van der Waals surface area contributed by atoms with E-state index in [9.17, 15) is 0 Å².